The minimum absolute atomic E-state index is 0.148. The van der Waals surface area contributed by atoms with Crippen molar-refractivity contribution in [2.24, 2.45) is 0 Å². The molecular weight excluding hydrogens is 328 g/mol. The van der Waals surface area contributed by atoms with Crippen molar-refractivity contribution in [1.29, 1.82) is 0 Å². The van der Waals surface area contributed by atoms with E-state index in [9.17, 15) is 9.59 Å². The number of aliphatic carboxylic acids is 1. The van der Waals surface area contributed by atoms with Crippen LogP contribution in [0, 0.1) is 0 Å². The van der Waals surface area contributed by atoms with Crippen LogP contribution in [0.15, 0.2) is 28.7 Å². The van der Waals surface area contributed by atoms with Gasteiger partial charge < -0.3 is 20.5 Å². The standard InChI is InChI=1S/C13H17BrN2O4/c1-20-11(6-12(17)18)8-16-13(19)15-7-9-2-4-10(14)5-3-9/h2-5,11H,6-8H2,1H3,(H,17,18)(H2,15,16,19). The summed E-state index contributed by atoms with van der Waals surface area (Å²) in [5.41, 5.74) is 0.970. The van der Waals surface area contributed by atoms with Crippen LogP contribution in [0.2, 0.25) is 0 Å². The van der Waals surface area contributed by atoms with Crippen molar-refractivity contribution in [1.82, 2.24) is 10.6 Å². The van der Waals surface area contributed by atoms with Crippen LogP contribution in [0.25, 0.3) is 0 Å². The Morgan fingerprint density at radius 1 is 1.30 bits per heavy atom. The molecular formula is C13H17BrN2O4. The predicted molar refractivity (Wildman–Crippen MR) is 77.4 cm³/mol. The zero-order valence-electron chi connectivity index (χ0n) is 11.1. The molecule has 1 aromatic carbocycles. The van der Waals surface area contributed by atoms with Crippen molar-refractivity contribution in [3.05, 3.63) is 34.3 Å². The van der Waals surface area contributed by atoms with E-state index in [-0.39, 0.29) is 19.0 Å². The van der Waals surface area contributed by atoms with E-state index in [2.05, 4.69) is 26.6 Å². The number of nitrogens with one attached hydrogen (secondary N) is 2. The van der Waals surface area contributed by atoms with E-state index in [1.165, 1.54) is 7.11 Å². The number of methoxy groups -OCH3 is 1. The lowest BCUT2D eigenvalue weighted by Crippen LogP contribution is -2.40. The normalized spacial score (nSPS) is 11.7. The zero-order valence-corrected chi connectivity index (χ0v) is 12.6. The second kappa shape index (κ2) is 8.55. The SMILES string of the molecule is COC(CNC(=O)NCc1ccc(Br)cc1)CC(=O)O. The molecule has 0 fully saturated rings. The monoisotopic (exact) mass is 344 g/mol. The number of ether oxygens (including phenoxy) is 1. The maximum absolute atomic E-state index is 11.6. The fraction of sp³-hybridized carbons (Fsp3) is 0.385. The number of halogens is 1. The van der Waals surface area contributed by atoms with Crippen molar-refractivity contribution in [2.75, 3.05) is 13.7 Å². The van der Waals surface area contributed by atoms with Gasteiger partial charge in [0.2, 0.25) is 0 Å². The Morgan fingerprint density at radius 3 is 2.50 bits per heavy atom. The van der Waals surface area contributed by atoms with Gasteiger partial charge in [-0.3, -0.25) is 4.79 Å². The fourth-order valence-corrected chi connectivity index (χ4v) is 1.75. The van der Waals surface area contributed by atoms with E-state index in [0.29, 0.717) is 6.54 Å². The van der Waals surface area contributed by atoms with Gasteiger partial charge in [-0.15, -0.1) is 0 Å². The molecule has 0 radical (unpaired) electrons. The van der Waals surface area contributed by atoms with Crippen molar-refractivity contribution < 1.29 is 19.4 Å². The first-order chi connectivity index (χ1) is 9.51. The van der Waals surface area contributed by atoms with E-state index < -0.39 is 12.1 Å². The maximum atomic E-state index is 11.6. The number of carbonyl (C=O) groups excluding carboxylic acids is 1. The van der Waals surface area contributed by atoms with Crippen molar-refractivity contribution >= 4 is 27.9 Å². The van der Waals surface area contributed by atoms with Crippen LogP contribution >= 0.6 is 15.9 Å². The summed E-state index contributed by atoms with van der Waals surface area (Å²) < 4.78 is 5.93. The summed E-state index contributed by atoms with van der Waals surface area (Å²) in [7, 11) is 1.41. The van der Waals surface area contributed by atoms with Crippen LogP contribution in [0.4, 0.5) is 4.79 Å². The third-order valence-electron chi connectivity index (χ3n) is 2.59. The molecule has 1 atom stereocenters. The number of carbonyl (C=O) groups is 2. The Labute approximate surface area is 125 Å². The maximum Gasteiger partial charge on any atom is 0.315 e. The molecule has 0 aliphatic heterocycles. The molecule has 0 bridgehead atoms. The first-order valence-electron chi connectivity index (χ1n) is 6.02. The highest BCUT2D eigenvalue weighted by Gasteiger charge is 2.13. The molecule has 6 nitrogen and oxygen atoms in total. The summed E-state index contributed by atoms with van der Waals surface area (Å²) in [4.78, 5) is 22.1. The van der Waals surface area contributed by atoms with Crippen LogP contribution in [0.3, 0.4) is 0 Å². The zero-order chi connectivity index (χ0) is 15.0. The van der Waals surface area contributed by atoms with Crippen LogP contribution in [0.5, 0.6) is 0 Å². The molecule has 20 heavy (non-hydrogen) atoms. The number of hydrogen-bond acceptors (Lipinski definition) is 3. The molecule has 1 rings (SSSR count). The molecule has 1 aromatic rings. The first kappa shape index (κ1) is 16.5. The van der Waals surface area contributed by atoms with Crippen molar-refractivity contribution in [2.45, 2.75) is 19.1 Å². The number of amides is 2. The van der Waals surface area contributed by atoms with Crippen LogP contribution in [-0.4, -0.2) is 36.9 Å². The molecule has 0 saturated heterocycles. The highest BCUT2D eigenvalue weighted by Crippen LogP contribution is 2.10. The predicted octanol–water partition coefficient (Wildman–Crippen LogP) is 1.74. The highest BCUT2D eigenvalue weighted by atomic mass is 79.9. The lowest BCUT2D eigenvalue weighted by molar-refractivity contribution is -0.139. The molecule has 3 N–H and O–H groups in total. The van der Waals surface area contributed by atoms with Gasteiger partial charge in [-0.1, -0.05) is 28.1 Å². The number of urea groups is 1. The fourth-order valence-electron chi connectivity index (χ4n) is 1.49. The Hall–Kier alpha value is -1.60. The third-order valence-corrected chi connectivity index (χ3v) is 3.12. The largest absolute Gasteiger partial charge is 0.481 e. The Kier molecular flexibility index (Phi) is 7.03. The summed E-state index contributed by atoms with van der Waals surface area (Å²) in [6, 6.07) is 7.21. The lowest BCUT2D eigenvalue weighted by Gasteiger charge is -2.14. The minimum atomic E-state index is -0.964. The van der Waals surface area contributed by atoms with Gasteiger partial charge in [0.25, 0.3) is 0 Å². The molecule has 0 aromatic heterocycles. The van der Waals surface area contributed by atoms with Crippen LogP contribution < -0.4 is 10.6 Å². The topological polar surface area (TPSA) is 87.7 Å². The molecule has 7 heteroatoms. The van der Waals surface area contributed by atoms with Gasteiger partial charge in [0.1, 0.15) is 0 Å². The molecule has 0 aliphatic carbocycles. The molecule has 1 unspecified atom stereocenters. The van der Waals surface area contributed by atoms with Gasteiger partial charge in [0.05, 0.1) is 12.5 Å². The number of carboxylic acids is 1. The number of hydrogen-bond donors (Lipinski definition) is 3. The number of benzene rings is 1. The average molecular weight is 345 g/mol. The van der Waals surface area contributed by atoms with Crippen LogP contribution in [0.1, 0.15) is 12.0 Å². The van der Waals surface area contributed by atoms with Gasteiger partial charge in [-0.25, -0.2) is 4.79 Å². The lowest BCUT2D eigenvalue weighted by atomic mass is 10.2. The van der Waals surface area contributed by atoms with Gasteiger partial charge in [-0.05, 0) is 17.7 Å². The minimum Gasteiger partial charge on any atom is -0.481 e. The second-order valence-corrected chi connectivity index (χ2v) is 5.06. The van der Waals surface area contributed by atoms with E-state index in [0.717, 1.165) is 10.0 Å². The van der Waals surface area contributed by atoms with Crippen molar-refractivity contribution in [3.8, 4) is 0 Å². The second-order valence-electron chi connectivity index (χ2n) is 4.15. The molecule has 2 amide bonds. The molecule has 0 saturated carbocycles. The van der Waals surface area contributed by atoms with Gasteiger partial charge >= 0.3 is 12.0 Å². The summed E-state index contributed by atoms with van der Waals surface area (Å²) in [5, 5.41) is 13.9. The summed E-state index contributed by atoms with van der Waals surface area (Å²) in [5.74, 6) is -0.964. The molecule has 0 aliphatic rings. The van der Waals surface area contributed by atoms with E-state index in [1.54, 1.807) is 0 Å². The van der Waals surface area contributed by atoms with E-state index >= 15 is 0 Å². The number of carboxylic acid groups (broad SMARTS) is 1. The third kappa shape index (κ3) is 6.53. The van der Waals surface area contributed by atoms with Gasteiger partial charge in [0.15, 0.2) is 0 Å². The quantitative estimate of drug-likeness (QED) is 0.702. The molecule has 110 valence electrons. The van der Waals surface area contributed by atoms with E-state index in [4.69, 9.17) is 9.84 Å². The average Bonchev–Trinajstić information content (AvgIpc) is 2.42. The Bertz CT molecular complexity index is 450. The highest BCUT2D eigenvalue weighted by molar-refractivity contribution is 9.10. The summed E-state index contributed by atoms with van der Waals surface area (Å²) in [6.07, 6.45) is -0.685. The Balaban J connectivity index is 2.29. The Morgan fingerprint density at radius 2 is 1.95 bits per heavy atom. The van der Waals surface area contributed by atoms with Gasteiger partial charge in [0, 0.05) is 24.7 Å². The summed E-state index contributed by atoms with van der Waals surface area (Å²) in [6.45, 7) is 0.546. The van der Waals surface area contributed by atoms with Crippen molar-refractivity contribution in [3.63, 3.8) is 0 Å². The molecule has 0 spiro atoms. The molecule has 0 heterocycles. The smallest absolute Gasteiger partial charge is 0.315 e. The first-order valence-corrected chi connectivity index (χ1v) is 6.81. The number of rotatable bonds is 7. The van der Waals surface area contributed by atoms with E-state index in [1.807, 2.05) is 24.3 Å². The van der Waals surface area contributed by atoms with Gasteiger partial charge in [-0.2, -0.15) is 0 Å². The summed E-state index contributed by atoms with van der Waals surface area (Å²) >= 11 is 3.33. The van der Waals surface area contributed by atoms with Crippen LogP contribution in [-0.2, 0) is 16.1 Å².